The first-order valence-electron chi connectivity index (χ1n) is 4.72. The Morgan fingerprint density at radius 3 is 2.27 bits per heavy atom. The summed E-state index contributed by atoms with van der Waals surface area (Å²) in [7, 11) is 0. The SMILES string of the molecule is NC(=O)c1ccc(CCF)c(CCF)c1. The van der Waals surface area contributed by atoms with Gasteiger partial charge in [-0.05, 0) is 23.3 Å². The smallest absolute Gasteiger partial charge is 0.248 e. The third-order valence-corrected chi connectivity index (χ3v) is 2.22. The third kappa shape index (κ3) is 3.01. The molecule has 0 fully saturated rings. The number of benzene rings is 1. The molecule has 1 aromatic rings. The summed E-state index contributed by atoms with van der Waals surface area (Å²) in [5.74, 6) is -0.554. The van der Waals surface area contributed by atoms with Gasteiger partial charge in [0, 0.05) is 18.4 Å². The van der Waals surface area contributed by atoms with Gasteiger partial charge in [0.1, 0.15) is 0 Å². The number of hydrogen-bond acceptors (Lipinski definition) is 1. The molecule has 0 unspecified atom stereocenters. The normalized spacial score (nSPS) is 10.3. The van der Waals surface area contributed by atoms with Crippen molar-refractivity contribution in [2.45, 2.75) is 12.8 Å². The summed E-state index contributed by atoms with van der Waals surface area (Å²) in [4.78, 5) is 10.9. The lowest BCUT2D eigenvalue weighted by Gasteiger charge is -2.07. The molecule has 0 aliphatic rings. The molecule has 0 aromatic heterocycles. The molecule has 0 radical (unpaired) electrons. The Labute approximate surface area is 87.1 Å². The highest BCUT2D eigenvalue weighted by atomic mass is 19.1. The minimum absolute atomic E-state index is 0.191. The number of rotatable bonds is 5. The van der Waals surface area contributed by atoms with Crippen LogP contribution < -0.4 is 5.73 Å². The number of hydrogen-bond donors (Lipinski definition) is 1. The Morgan fingerprint density at radius 2 is 1.73 bits per heavy atom. The molecule has 2 N–H and O–H groups in total. The van der Waals surface area contributed by atoms with E-state index in [1.54, 1.807) is 6.07 Å². The van der Waals surface area contributed by atoms with Crippen LogP contribution in [0.4, 0.5) is 8.78 Å². The van der Waals surface area contributed by atoms with Crippen LogP contribution in [0.25, 0.3) is 0 Å². The van der Waals surface area contributed by atoms with Crippen molar-refractivity contribution in [3.8, 4) is 0 Å². The molecule has 0 saturated heterocycles. The lowest BCUT2D eigenvalue weighted by atomic mass is 9.99. The summed E-state index contributed by atoms with van der Waals surface area (Å²) >= 11 is 0. The Morgan fingerprint density at radius 1 is 1.13 bits per heavy atom. The summed E-state index contributed by atoms with van der Waals surface area (Å²) in [6.07, 6.45) is 0.435. The minimum atomic E-state index is -0.554. The second kappa shape index (κ2) is 5.44. The van der Waals surface area contributed by atoms with Gasteiger partial charge in [0.25, 0.3) is 0 Å². The maximum absolute atomic E-state index is 12.2. The van der Waals surface area contributed by atoms with E-state index in [-0.39, 0.29) is 12.8 Å². The molecule has 82 valence electrons. The highest BCUT2D eigenvalue weighted by Gasteiger charge is 2.07. The fraction of sp³-hybridized carbons (Fsp3) is 0.364. The van der Waals surface area contributed by atoms with E-state index in [0.717, 1.165) is 5.56 Å². The Balaban J connectivity index is 3.02. The van der Waals surface area contributed by atoms with E-state index in [0.29, 0.717) is 11.1 Å². The van der Waals surface area contributed by atoms with E-state index in [2.05, 4.69) is 0 Å². The number of primary amides is 1. The van der Waals surface area contributed by atoms with Gasteiger partial charge < -0.3 is 5.73 Å². The van der Waals surface area contributed by atoms with Crippen molar-refractivity contribution in [1.29, 1.82) is 0 Å². The number of halogens is 2. The molecule has 1 rings (SSSR count). The number of aryl methyl sites for hydroxylation is 2. The molecular formula is C11H13F2NO. The van der Waals surface area contributed by atoms with Crippen molar-refractivity contribution in [2.24, 2.45) is 5.73 Å². The quantitative estimate of drug-likeness (QED) is 0.796. The first kappa shape index (κ1) is 11.6. The standard InChI is InChI=1S/C11H13F2NO/c12-5-3-8-1-2-10(11(14)15)7-9(8)4-6-13/h1-2,7H,3-6H2,(H2,14,15). The Hall–Kier alpha value is -1.45. The van der Waals surface area contributed by atoms with Gasteiger partial charge in [-0.2, -0.15) is 0 Å². The fourth-order valence-electron chi connectivity index (χ4n) is 1.46. The van der Waals surface area contributed by atoms with Crippen LogP contribution in [0.1, 0.15) is 21.5 Å². The van der Waals surface area contributed by atoms with Crippen LogP contribution in [0, 0.1) is 0 Å². The lowest BCUT2D eigenvalue weighted by Crippen LogP contribution is -2.12. The molecule has 0 aliphatic heterocycles. The summed E-state index contributed by atoms with van der Waals surface area (Å²) < 4.78 is 24.4. The Bertz CT molecular complexity index is 352. The van der Waals surface area contributed by atoms with Gasteiger partial charge in [0.05, 0.1) is 13.3 Å². The van der Waals surface area contributed by atoms with Gasteiger partial charge in [-0.25, -0.2) is 0 Å². The van der Waals surface area contributed by atoms with Crippen molar-refractivity contribution in [3.05, 3.63) is 34.9 Å². The maximum Gasteiger partial charge on any atom is 0.248 e. The summed E-state index contributed by atoms with van der Waals surface area (Å²) in [6.45, 7) is -1.02. The second-order valence-electron chi connectivity index (χ2n) is 3.23. The number of carbonyl (C=O) groups is 1. The van der Waals surface area contributed by atoms with E-state index in [1.165, 1.54) is 12.1 Å². The molecule has 0 spiro atoms. The Kier molecular flexibility index (Phi) is 4.21. The largest absolute Gasteiger partial charge is 0.366 e. The van der Waals surface area contributed by atoms with E-state index in [4.69, 9.17) is 5.73 Å². The van der Waals surface area contributed by atoms with Gasteiger partial charge in [-0.3, -0.25) is 13.6 Å². The summed E-state index contributed by atoms with van der Waals surface area (Å²) in [6, 6.07) is 4.70. The molecule has 0 saturated carbocycles. The van der Waals surface area contributed by atoms with Crippen LogP contribution in [-0.2, 0) is 12.8 Å². The minimum Gasteiger partial charge on any atom is -0.366 e. The average Bonchev–Trinajstić information content (AvgIpc) is 2.21. The number of nitrogens with two attached hydrogens (primary N) is 1. The van der Waals surface area contributed by atoms with E-state index >= 15 is 0 Å². The van der Waals surface area contributed by atoms with E-state index in [1.807, 2.05) is 0 Å². The molecule has 2 nitrogen and oxygen atoms in total. The maximum atomic E-state index is 12.2. The predicted molar refractivity (Wildman–Crippen MR) is 54.3 cm³/mol. The molecule has 0 heterocycles. The van der Waals surface area contributed by atoms with Gasteiger partial charge in [0.15, 0.2) is 0 Å². The first-order valence-corrected chi connectivity index (χ1v) is 4.72. The average molecular weight is 213 g/mol. The summed E-state index contributed by atoms with van der Waals surface area (Å²) in [5, 5.41) is 0. The zero-order valence-corrected chi connectivity index (χ0v) is 8.30. The monoisotopic (exact) mass is 213 g/mol. The zero-order chi connectivity index (χ0) is 11.3. The van der Waals surface area contributed by atoms with Crippen LogP contribution in [0.2, 0.25) is 0 Å². The number of carbonyl (C=O) groups excluding carboxylic acids is 1. The van der Waals surface area contributed by atoms with Crippen LogP contribution >= 0.6 is 0 Å². The third-order valence-electron chi connectivity index (χ3n) is 2.22. The van der Waals surface area contributed by atoms with Crippen molar-refractivity contribution < 1.29 is 13.6 Å². The van der Waals surface area contributed by atoms with Gasteiger partial charge in [-0.15, -0.1) is 0 Å². The molecule has 0 bridgehead atoms. The topological polar surface area (TPSA) is 43.1 Å². The predicted octanol–water partition coefficient (Wildman–Crippen LogP) is 1.81. The van der Waals surface area contributed by atoms with Gasteiger partial charge in [0.2, 0.25) is 5.91 Å². The highest BCUT2D eigenvalue weighted by molar-refractivity contribution is 5.93. The van der Waals surface area contributed by atoms with Crippen LogP contribution in [0.3, 0.4) is 0 Å². The number of amides is 1. The molecule has 1 amide bonds. The van der Waals surface area contributed by atoms with Crippen molar-refractivity contribution in [1.82, 2.24) is 0 Å². The van der Waals surface area contributed by atoms with Crippen molar-refractivity contribution in [3.63, 3.8) is 0 Å². The fourth-order valence-corrected chi connectivity index (χ4v) is 1.46. The van der Waals surface area contributed by atoms with Crippen LogP contribution in [0.15, 0.2) is 18.2 Å². The van der Waals surface area contributed by atoms with Crippen LogP contribution in [-0.4, -0.2) is 19.3 Å². The highest BCUT2D eigenvalue weighted by Crippen LogP contribution is 2.14. The van der Waals surface area contributed by atoms with Gasteiger partial charge >= 0.3 is 0 Å². The molecule has 15 heavy (non-hydrogen) atoms. The molecule has 4 heteroatoms. The van der Waals surface area contributed by atoms with E-state index in [9.17, 15) is 13.6 Å². The zero-order valence-electron chi connectivity index (χ0n) is 8.30. The van der Waals surface area contributed by atoms with Crippen molar-refractivity contribution in [2.75, 3.05) is 13.3 Å². The molecule has 0 atom stereocenters. The second-order valence-corrected chi connectivity index (χ2v) is 3.23. The molecule has 0 aliphatic carbocycles. The molecular weight excluding hydrogens is 200 g/mol. The molecule has 1 aromatic carbocycles. The van der Waals surface area contributed by atoms with Crippen LogP contribution in [0.5, 0.6) is 0 Å². The van der Waals surface area contributed by atoms with Gasteiger partial charge in [-0.1, -0.05) is 6.07 Å². The summed E-state index contributed by atoms with van der Waals surface area (Å²) in [5.41, 5.74) is 6.83. The van der Waals surface area contributed by atoms with Crippen molar-refractivity contribution >= 4 is 5.91 Å². The number of alkyl halides is 2. The van der Waals surface area contributed by atoms with E-state index < -0.39 is 19.3 Å². The first-order chi connectivity index (χ1) is 7.19. The lowest BCUT2D eigenvalue weighted by molar-refractivity contribution is 0.1000.